The van der Waals surface area contributed by atoms with Crippen LogP contribution in [0.15, 0.2) is 42.5 Å². The minimum absolute atomic E-state index is 0.102. The summed E-state index contributed by atoms with van der Waals surface area (Å²) in [5.41, 5.74) is 1.70. The summed E-state index contributed by atoms with van der Waals surface area (Å²) in [6, 6.07) is 14.8. The molecule has 5 heteroatoms. The molecular weight excluding hydrogens is 422 g/mol. The molecule has 0 unspecified atom stereocenters. The van der Waals surface area contributed by atoms with Crippen molar-refractivity contribution < 1.29 is 14.3 Å². The zero-order chi connectivity index (χ0) is 22.3. The van der Waals surface area contributed by atoms with Gasteiger partial charge < -0.3 is 9.47 Å². The van der Waals surface area contributed by atoms with Gasteiger partial charge in [0, 0.05) is 5.02 Å². The van der Waals surface area contributed by atoms with Crippen molar-refractivity contribution in [2.75, 3.05) is 7.11 Å². The molecule has 164 valence electrons. The number of methoxy groups -OCH3 is 1. The van der Waals surface area contributed by atoms with Crippen molar-refractivity contribution in [1.29, 1.82) is 5.26 Å². The van der Waals surface area contributed by atoms with Gasteiger partial charge in [-0.05, 0) is 97.7 Å². The average Bonchev–Trinajstić information content (AvgIpc) is 2.77. The molecule has 0 atom stereocenters. The highest BCUT2D eigenvalue weighted by Gasteiger charge is 2.55. The number of esters is 1. The summed E-state index contributed by atoms with van der Waals surface area (Å²) < 4.78 is 11.5. The molecule has 4 fully saturated rings. The van der Waals surface area contributed by atoms with E-state index in [1.54, 1.807) is 37.5 Å². The Bertz CT molecular complexity index is 1090. The number of hydrogen-bond donors (Lipinski definition) is 0. The quantitative estimate of drug-likeness (QED) is 0.226. The van der Waals surface area contributed by atoms with E-state index in [-0.39, 0.29) is 11.4 Å². The molecule has 0 radical (unpaired) electrons. The van der Waals surface area contributed by atoms with Crippen molar-refractivity contribution in [1.82, 2.24) is 0 Å². The third kappa shape index (κ3) is 3.91. The Morgan fingerprint density at radius 1 is 1.06 bits per heavy atom. The SMILES string of the molecule is COc1cc(/C=C(/C#N)c2cccc(Cl)c2)ccc1OC(=O)C12CC3CC(CC(C3)C1)C2. The van der Waals surface area contributed by atoms with Crippen molar-refractivity contribution in [2.24, 2.45) is 23.2 Å². The molecule has 32 heavy (non-hydrogen) atoms. The Morgan fingerprint density at radius 2 is 1.75 bits per heavy atom. The molecule has 0 N–H and O–H groups in total. The molecular formula is C27H26ClNO3. The van der Waals surface area contributed by atoms with E-state index in [4.69, 9.17) is 21.1 Å². The number of nitrogens with zero attached hydrogens (tertiary/aromatic N) is 1. The summed E-state index contributed by atoms with van der Waals surface area (Å²) in [7, 11) is 1.56. The number of allylic oxidation sites excluding steroid dienone is 1. The van der Waals surface area contributed by atoms with Crippen LogP contribution in [0.2, 0.25) is 5.02 Å². The fraction of sp³-hybridized carbons (Fsp3) is 0.407. The van der Waals surface area contributed by atoms with Crippen LogP contribution >= 0.6 is 11.6 Å². The Labute approximate surface area is 193 Å². The molecule has 4 aliphatic carbocycles. The lowest BCUT2D eigenvalue weighted by Crippen LogP contribution is -2.51. The van der Waals surface area contributed by atoms with Gasteiger partial charge in [0.2, 0.25) is 0 Å². The molecule has 0 aromatic heterocycles. The van der Waals surface area contributed by atoms with Crippen LogP contribution in [0.4, 0.5) is 0 Å². The van der Waals surface area contributed by atoms with Gasteiger partial charge in [0.15, 0.2) is 11.5 Å². The zero-order valence-electron chi connectivity index (χ0n) is 18.1. The van der Waals surface area contributed by atoms with Gasteiger partial charge in [0.05, 0.1) is 24.2 Å². The van der Waals surface area contributed by atoms with E-state index in [1.165, 1.54) is 19.3 Å². The summed E-state index contributed by atoms with van der Waals surface area (Å²) in [5, 5.41) is 10.2. The van der Waals surface area contributed by atoms with E-state index in [9.17, 15) is 10.1 Å². The summed E-state index contributed by atoms with van der Waals surface area (Å²) in [5.74, 6) is 2.86. The molecule has 0 saturated heterocycles. The van der Waals surface area contributed by atoms with Crippen molar-refractivity contribution in [3.8, 4) is 17.6 Å². The number of carbonyl (C=O) groups is 1. The lowest BCUT2D eigenvalue weighted by Gasteiger charge is -2.55. The first-order valence-electron chi connectivity index (χ1n) is 11.3. The van der Waals surface area contributed by atoms with Gasteiger partial charge in [-0.25, -0.2) is 0 Å². The molecule has 0 amide bonds. The van der Waals surface area contributed by atoms with Crippen LogP contribution in [0.25, 0.3) is 11.6 Å². The minimum Gasteiger partial charge on any atom is -0.493 e. The molecule has 4 aliphatic rings. The molecule has 0 spiro atoms. The Hall–Kier alpha value is -2.77. The van der Waals surface area contributed by atoms with Crippen LogP contribution in [0, 0.1) is 34.5 Å². The first kappa shape index (κ1) is 21.1. The van der Waals surface area contributed by atoms with Gasteiger partial charge in [-0.2, -0.15) is 5.26 Å². The molecule has 2 aromatic carbocycles. The molecule has 6 rings (SSSR count). The number of benzene rings is 2. The number of rotatable bonds is 5. The van der Waals surface area contributed by atoms with E-state index in [2.05, 4.69) is 6.07 Å². The van der Waals surface area contributed by atoms with Crippen LogP contribution < -0.4 is 9.47 Å². The van der Waals surface area contributed by atoms with E-state index in [0.717, 1.165) is 30.4 Å². The fourth-order valence-corrected chi connectivity index (χ4v) is 6.62. The number of hydrogen-bond acceptors (Lipinski definition) is 4. The molecule has 0 heterocycles. The lowest BCUT2D eigenvalue weighted by atomic mass is 9.49. The number of carbonyl (C=O) groups excluding carboxylic acids is 1. The van der Waals surface area contributed by atoms with Crippen molar-refractivity contribution in [2.45, 2.75) is 38.5 Å². The molecule has 4 bridgehead atoms. The Kier molecular flexibility index (Phi) is 5.47. The summed E-state index contributed by atoms with van der Waals surface area (Å²) in [4.78, 5) is 13.3. The van der Waals surface area contributed by atoms with Gasteiger partial charge in [0.25, 0.3) is 0 Å². The maximum atomic E-state index is 13.3. The van der Waals surface area contributed by atoms with E-state index in [1.807, 2.05) is 18.2 Å². The second-order valence-corrected chi connectivity index (χ2v) is 10.1. The highest BCUT2D eigenvalue weighted by atomic mass is 35.5. The normalized spacial score (nSPS) is 28.3. The van der Waals surface area contributed by atoms with Crippen LogP contribution in [0.1, 0.15) is 49.7 Å². The van der Waals surface area contributed by atoms with Gasteiger partial charge >= 0.3 is 5.97 Å². The number of nitriles is 1. The predicted octanol–water partition coefficient (Wildman–Crippen LogP) is 6.53. The van der Waals surface area contributed by atoms with Gasteiger partial charge in [-0.15, -0.1) is 0 Å². The summed E-state index contributed by atoms with van der Waals surface area (Å²) in [6.45, 7) is 0. The van der Waals surface area contributed by atoms with Gasteiger partial charge in [-0.1, -0.05) is 29.8 Å². The second kappa shape index (κ2) is 8.30. The monoisotopic (exact) mass is 447 g/mol. The van der Waals surface area contributed by atoms with Crippen molar-refractivity contribution in [3.63, 3.8) is 0 Å². The maximum Gasteiger partial charge on any atom is 0.317 e. The van der Waals surface area contributed by atoms with Crippen LogP contribution in [-0.2, 0) is 4.79 Å². The van der Waals surface area contributed by atoms with E-state index in [0.29, 0.717) is 39.8 Å². The number of halogens is 1. The zero-order valence-corrected chi connectivity index (χ0v) is 18.9. The average molecular weight is 448 g/mol. The fourth-order valence-electron chi connectivity index (χ4n) is 6.43. The second-order valence-electron chi connectivity index (χ2n) is 9.68. The lowest BCUT2D eigenvalue weighted by molar-refractivity contribution is -0.161. The Balaban J connectivity index is 1.38. The maximum absolute atomic E-state index is 13.3. The van der Waals surface area contributed by atoms with Crippen LogP contribution in [0.3, 0.4) is 0 Å². The number of ether oxygens (including phenoxy) is 2. The first-order chi connectivity index (χ1) is 15.5. The first-order valence-corrected chi connectivity index (χ1v) is 11.6. The summed E-state index contributed by atoms with van der Waals surface area (Å²) >= 11 is 6.07. The van der Waals surface area contributed by atoms with Crippen molar-refractivity contribution in [3.05, 3.63) is 58.6 Å². The molecule has 0 aliphatic heterocycles. The third-order valence-electron chi connectivity index (χ3n) is 7.43. The standard InChI is InChI=1S/C27H26ClNO3/c1-31-25-11-17(10-22(16-29)21-3-2-4-23(28)12-21)5-6-24(25)32-26(30)27-13-18-7-19(14-27)9-20(8-18)15-27/h2-6,10-12,18-20H,7-9,13-15H2,1H3/b22-10-. The van der Waals surface area contributed by atoms with Crippen molar-refractivity contribution >= 4 is 29.2 Å². The minimum atomic E-state index is -0.321. The highest BCUT2D eigenvalue weighted by molar-refractivity contribution is 6.30. The third-order valence-corrected chi connectivity index (χ3v) is 7.66. The van der Waals surface area contributed by atoms with E-state index < -0.39 is 0 Å². The Morgan fingerprint density at radius 3 is 2.34 bits per heavy atom. The highest BCUT2D eigenvalue weighted by Crippen LogP contribution is 2.60. The predicted molar refractivity (Wildman–Crippen MR) is 124 cm³/mol. The largest absolute Gasteiger partial charge is 0.493 e. The van der Waals surface area contributed by atoms with E-state index >= 15 is 0 Å². The molecule has 2 aromatic rings. The topological polar surface area (TPSA) is 59.3 Å². The smallest absolute Gasteiger partial charge is 0.317 e. The molecule has 4 saturated carbocycles. The van der Waals surface area contributed by atoms with Crippen LogP contribution in [-0.4, -0.2) is 13.1 Å². The van der Waals surface area contributed by atoms with Gasteiger partial charge in [-0.3, -0.25) is 4.79 Å². The summed E-state index contributed by atoms with van der Waals surface area (Å²) in [6.07, 6.45) is 8.52. The van der Waals surface area contributed by atoms with Gasteiger partial charge in [0.1, 0.15) is 0 Å². The molecule has 4 nitrogen and oxygen atoms in total. The van der Waals surface area contributed by atoms with Crippen LogP contribution in [0.5, 0.6) is 11.5 Å².